The van der Waals surface area contributed by atoms with Gasteiger partial charge in [0.25, 0.3) is 5.69 Å². The summed E-state index contributed by atoms with van der Waals surface area (Å²) in [5, 5.41) is 11.1. The fourth-order valence-electron chi connectivity index (χ4n) is 2.42. The van der Waals surface area contributed by atoms with Gasteiger partial charge in [-0.2, -0.15) is 0 Å². The molecule has 0 amide bonds. The highest BCUT2D eigenvalue weighted by Crippen LogP contribution is 2.35. The van der Waals surface area contributed by atoms with Gasteiger partial charge in [0.15, 0.2) is 0 Å². The molecular formula is C12H17N3O2. The number of rotatable bonds is 2. The highest BCUT2D eigenvalue weighted by molar-refractivity contribution is 5.67. The van der Waals surface area contributed by atoms with Crippen molar-refractivity contribution in [1.82, 2.24) is 0 Å². The summed E-state index contributed by atoms with van der Waals surface area (Å²) in [7, 11) is 0. The fourth-order valence-corrected chi connectivity index (χ4v) is 2.42. The number of benzene rings is 1. The molecule has 2 unspecified atom stereocenters. The quantitative estimate of drug-likeness (QED) is 0.627. The SMILES string of the molecule is Cc1cccc(N2CCC(N)C2C)c1[N+](=O)[O-]. The van der Waals surface area contributed by atoms with Crippen molar-refractivity contribution in [3.8, 4) is 0 Å². The Balaban J connectivity index is 2.45. The molecule has 5 nitrogen and oxygen atoms in total. The molecular weight excluding hydrogens is 218 g/mol. The van der Waals surface area contributed by atoms with Crippen LogP contribution in [-0.2, 0) is 0 Å². The van der Waals surface area contributed by atoms with E-state index in [0.717, 1.165) is 13.0 Å². The third kappa shape index (κ3) is 1.98. The molecule has 0 aromatic heterocycles. The van der Waals surface area contributed by atoms with E-state index in [-0.39, 0.29) is 22.7 Å². The zero-order valence-corrected chi connectivity index (χ0v) is 10.1. The van der Waals surface area contributed by atoms with Gasteiger partial charge in [0, 0.05) is 24.2 Å². The molecule has 2 atom stereocenters. The molecule has 1 saturated heterocycles. The summed E-state index contributed by atoms with van der Waals surface area (Å²) in [6.45, 7) is 4.57. The molecule has 1 aliphatic rings. The van der Waals surface area contributed by atoms with Crippen LogP contribution in [0.4, 0.5) is 11.4 Å². The van der Waals surface area contributed by atoms with Gasteiger partial charge >= 0.3 is 0 Å². The minimum atomic E-state index is -0.304. The number of nitro benzene ring substituents is 1. The molecule has 1 fully saturated rings. The van der Waals surface area contributed by atoms with E-state index in [1.54, 1.807) is 19.1 Å². The van der Waals surface area contributed by atoms with E-state index >= 15 is 0 Å². The summed E-state index contributed by atoms with van der Waals surface area (Å²) in [5.74, 6) is 0. The number of nitrogens with zero attached hydrogens (tertiary/aromatic N) is 2. The highest BCUT2D eigenvalue weighted by atomic mass is 16.6. The Bertz CT molecular complexity index is 447. The van der Waals surface area contributed by atoms with Crippen LogP contribution in [0.15, 0.2) is 18.2 Å². The summed E-state index contributed by atoms with van der Waals surface area (Å²) in [4.78, 5) is 12.9. The summed E-state index contributed by atoms with van der Waals surface area (Å²) in [5.41, 5.74) is 7.55. The maximum Gasteiger partial charge on any atom is 0.295 e. The van der Waals surface area contributed by atoms with Gasteiger partial charge in [-0.3, -0.25) is 10.1 Å². The standard InChI is InChI=1S/C12H17N3O2/c1-8-4-3-5-11(12(8)15(16)17)14-7-6-10(13)9(14)2/h3-5,9-10H,6-7,13H2,1-2H3. The number of hydrogen-bond acceptors (Lipinski definition) is 4. The highest BCUT2D eigenvalue weighted by Gasteiger charge is 2.32. The van der Waals surface area contributed by atoms with Crippen LogP contribution >= 0.6 is 0 Å². The summed E-state index contributed by atoms with van der Waals surface area (Å²) in [6, 6.07) is 5.67. The van der Waals surface area contributed by atoms with Gasteiger partial charge in [-0.25, -0.2) is 0 Å². The van der Waals surface area contributed by atoms with Gasteiger partial charge in [-0.05, 0) is 26.3 Å². The first kappa shape index (κ1) is 11.9. The first-order valence-electron chi connectivity index (χ1n) is 5.78. The molecule has 92 valence electrons. The molecule has 1 aromatic rings. The molecule has 0 saturated carbocycles. The van der Waals surface area contributed by atoms with Crippen LogP contribution in [0.3, 0.4) is 0 Å². The van der Waals surface area contributed by atoms with Crippen molar-refractivity contribution in [3.05, 3.63) is 33.9 Å². The van der Waals surface area contributed by atoms with E-state index in [2.05, 4.69) is 0 Å². The van der Waals surface area contributed by atoms with E-state index < -0.39 is 0 Å². The average Bonchev–Trinajstić information content (AvgIpc) is 2.59. The van der Waals surface area contributed by atoms with Crippen molar-refractivity contribution in [2.75, 3.05) is 11.4 Å². The molecule has 5 heteroatoms. The Morgan fingerprint density at radius 1 is 1.53 bits per heavy atom. The predicted molar refractivity (Wildman–Crippen MR) is 67.2 cm³/mol. The smallest absolute Gasteiger partial charge is 0.295 e. The maximum atomic E-state index is 11.1. The van der Waals surface area contributed by atoms with Gasteiger partial charge in [0.05, 0.1) is 4.92 Å². The van der Waals surface area contributed by atoms with Crippen molar-refractivity contribution >= 4 is 11.4 Å². The second-order valence-corrected chi connectivity index (χ2v) is 4.59. The summed E-state index contributed by atoms with van der Waals surface area (Å²) < 4.78 is 0. The van der Waals surface area contributed by atoms with E-state index in [0.29, 0.717) is 11.3 Å². The number of anilines is 1. The lowest BCUT2D eigenvalue weighted by Gasteiger charge is -2.25. The topological polar surface area (TPSA) is 72.4 Å². The monoisotopic (exact) mass is 235 g/mol. The lowest BCUT2D eigenvalue weighted by atomic mass is 10.1. The van der Waals surface area contributed by atoms with Gasteiger partial charge in [-0.1, -0.05) is 12.1 Å². The van der Waals surface area contributed by atoms with Crippen LogP contribution in [0.5, 0.6) is 0 Å². The van der Waals surface area contributed by atoms with E-state index in [9.17, 15) is 10.1 Å². The molecule has 1 aliphatic heterocycles. The number of nitro groups is 1. The van der Waals surface area contributed by atoms with Crippen LogP contribution in [0, 0.1) is 17.0 Å². The summed E-state index contributed by atoms with van der Waals surface area (Å²) >= 11 is 0. The Labute approximate surface area is 100 Å². The molecule has 2 rings (SSSR count). The largest absolute Gasteiger partial charge is 0.362 e. The molecule has 1 aromatic carbocycles. The molecule has 0 aliphatic carbocycles. The number of nitrogens with two attached hydrogens (primary N) is 1. The summed E-state index contributed by atoms with van der Waals surface area (Å²) in [6.07, 6.45) is 0.881. The molecule has 0 spiro atoms. The predicted octanol–water partition coefficient (Wildman–Crippen LogP) is 1.83. The molecule has 17 heavy (non-hydrogen) atoms. The van der Waals surface area contributed by atoms with Crippen LogP contribution in [0.2, 0.25) is 0 Å². The minimum absolute atomic E-state index is 0.0927. The van der Waals surface area contributed by atoms with Crippen molar-refractivity contribution < 1.29 is 4.92 Å². The Kier molecular flexibility index (Phi) is 3.02. The third-order valence-electron chi connectivity index (χ3n) is 3.52. The van der Waals surface area contributed by atoms with E-state index in [1.807, 2.05) is 17.9 Å². The third-order valence-corrected chi connectivity index (χ3v) is 3.52. The first-order chi connectivity index (χ1) is 8.02. The van der Waals surface area contributed by atoms with Crippen LogP contribution < -0.4 is 10.6 Å². The van der Waals surface area contributed by atoms with Crippen LogP contribution in [-0.4, -0.2) is 23.6 Å². The van der Waals surface area contributed by atoms with Crippen LogP contribution in [0.1, 0.15) is 18.9 Å². The van der Waals surface area contributed by atoms with Crippen molar-refractivity contribution in [2.24, 2.45) is 5.73 Å². The van der Waals surface area contributed by atoms with E-state index in [4.69, 9.17) is 5.73 Å². The van der Waals surface area contributed by atoms with Crippen molar-refractivity contribution in [1.29, 1.82) is 0 Å². The number of aryl methyl sites for hydroxylation is 1. The van der Waals surface area contributed by atoms with Gasteiger partial charge in [-0.15, -0.1) is 0 Å². The minimum Gasteiger partial charge on any atom is -0.362 e. The number of para-hydroxylation sites is 1. The molecule has 0 radical (unpaired) electrons. The Morgan fingerprint density at radius 3 is 2.76 bits per heavy atom. The van der Waals surface area contributed by atoms with Gasteiger partial charge in [0.2, 0.25) is 0 Å². The van der Waals surface area contributed by atoms with Gasteiger partial charge in [0.1, 0.15) is 5.69 Å². The average molecular weight is 235 g/mol. The zero-order valence-electron chi connectivity index (χ0n) is 10.1. The lowest BCUT2D eigenvalue weighted by molar-refractivity contribution is -0.384. The first-order valence-corrected chi connectivity index (χ1v) is 5.78. The zero-order chi connectivity index (χ0) is 12.6. The van der Waals surface area contributed by atoms with Crippen molar-refractivity contribution in [2.45, 2.75) is 32.4 Å². The van der Waals surface area contributed by atoms with Crippen LogP contribution in [0.25, 0.3) is 0 Å². The number of hydrogen-bond donors (Lipinski definition) is 1. The molecule has 1 heterocycles. The van der Waals surface area contributed by atoms with Crippen molar-refractivity contribution in [3.63, 3.8) is 0 Å². The second-order valence-electron chi connectivity index (χ2n) is 4.59. The van der Waals surface area contributed by atoms with Gasteiger partial charge < -0.3 is 10.6 Å². The fraction of sp³-hybridized carbons (Fsp3) is 0.500. The molecule has 2 N–H and O–H groups in total. The van der Waals surface area contributed by atoms with E-state index in [1.165, 1.54) is 0 Å². The second kappa shape index (κ2) is 4.33. The lowest BCUT2D eigenvalue weighted by Crippen LogP contribution is -2.37. The Morgan fingerprint density at radius 2 is 2.24 bits per heavy atom. The molecule has 0 bridgehead atoms. The normalized spacial score (nSPS) is 24.1. The maximum absolute atomic E-state index is 11.1. The Hall–Kier alpha value is -1.62.